The minimum absolute atomic E-state index is 0.0211. The van der Waals surface area contributed by atoms with Crippen molar-refractivity contribution >= 4 is 33.3 Å². The maximum Gasteiger partial charge on any atom is 0.417 e. The van der Waals surface area contributed by atoms with Crippen LogP contribution in [0.5, 0.6) is 0 Å². The second-order valence-electron chi connectivity index (χ2n) is 6.61. The second-order valence-corrected chi connectivity index (χ2v) is 7.52. The van der Waals surface area contributed by atoms with E-state index in [9.17, 15) is 18.0 Å². The highest BCUT2D eigenvalue weighted by Gasteiger charge is 2.36. The Morgan fingerprint density at radius 2 is 1.96 bits per heavy atom. The van der Waals surface area contributed by atoms with Crippen molar-refractivity contribution < 1.29 is 18.0 Å². The van der Waals surface area contributed by atoms with Gasteiger partial charge in [-0.1, -0.05) is 34.8 Å². The first-order valence-corrected chi connectivity index (χ1v) is 9.50. The first-order valence-electron chi connectivity index (χ1n) is 8.71. The number of halogens is 4. The number of aromatic nitrogens is 1. The van der Waals surface area contributed by atoms with Gasteiger partial charge in [0.25, 0.3) is 5.91 Å². The van der Waals surface area contributed by atoms with Crippen molar-refractivity contribution in [2.24, 2.45) is 5.92 Å². The number of hydrogen-bond donors (Lipinski definition) is 2. The van der Waals surface area contributed by atoms with Crippen LogP contribution < -0.4 is 10.6 Å². The van der Waals surface area contributed by atoms with Gasteiger partial charge in [-0.05, 0) is 43.0 Å². The predicted molar refractivity (Wildman–Crippen MR) is 101 cm³/mol. The number of amides is 1. The third kappa shape index (κ3) is 5.22. The maximum atomic E-state index is 13.5. The number of nitrogens with one attached hydrogen (secondary N) is 2. The number of rotatable bonds is 5. The number of carbonyl (C=O) groups excluding carboxylic acids is 1. The summed E-state index contributed by atoms with van der Waals surface area (Å²) < 4.78 is 41.3. The molecule has 1 aromatic heterocycles. The number of benzene rings is 1. The molecule has 0 bridgehead atoms. The Bertz CT molecular complexity index is 820. The highest BCUT2D eigenvalue weighted by Crippen LogP contribution is 2.34. The number of pyridine rings is 1. The quantitative estimate of drug-likeness (QED) is 0.641. The molecule has 1 aromatic carbocycles. The number of alkyl halides is 3. The normalized spacial score (nSPS) is 15.0. The molecule has 2 N–H and O–H groups in total. The molecule has 0 atom stereocenters. The molecule has 0 saturated heterocycles. The van der Waals surface area contributed by atoms with Gasteiger partial charge in [0.05, 0.1) is 11.1 Å². The van der Waals surface area contributed by atoms with Crippen LogP contribution in [-0.4, -0.2) is 17.4 Å². The van der Waals surface area contributed by atoms with Gasteiger partial charge < -0.3 is 10.6 Å². The van der Waals surface area contributed by atoms with E-state index in [1.807, 2.05) is 0 Å². The highest BCUT2D eigenvalue weighted by atomic mass is 79.9. The van der Waals surface area contributed by atoms with Crippen molar-refractivity contribution in [3.8, 4) is 0 Å². The van der Waals surface area contributed by atoms with Crippen LogP contribution in [0.2, 0.25) is 0 Å². The average molecular weight is 442 g/mol. The van der Waals surface area contributed by atoms with E-state index < -0.39 is 23.2 Å². The Labute approximate surface area is 163 Å². The van der Waals surface area contributed by atoms with Crippen molar-refractivity contribution in [1.29, 1.82) is 0 Å². The Morgan fingerprint density at radius 1 is 1.22 bits per heavy atom. The van der Waals surface area contributed by atoms with E-state index in [1.54, 1.807) is 24.3 Å². The predicted octanol–water partition coefficient (Wildman–Crippen LogP) is 5.53. The van der Waals surface area contributed by atoms with Gasteiger partial charge in [0.2, 0.25) is 0 Å². The topological polar surface area (TPSA) is 54.0 Å². The molecule has 0 spiro atoms. The van der Waals surface area contributed by atoms with E-state index in [2.05, 4.69) is 31.5 Å². The molecule has 27 heavy (non-hydrogen) atoms. The third-order valence-electron chi connectivity index (χ3n) is 4.58. The van der Waals surface area contributed by atoms with Crippen LogP contribution in [0.4, 0.5) is 24.7 Å². The Balaban J connectivity index is 1.80. The lowest BCUT2D eigenvalue weighted by molar-refractivity contribution is -0.137. The summed E-state index contributed by atoms with van der Waals surface area (Å²) in [5.41, 5.74) is -0.873. The number of carbonyl (C=O) groups is 1. The van der Waals surface area contributed by atoms with Gasteiger partial charge in [0, 0.05) is 22.9 Å². The highest BCUT2D eigenvalue weighted by molar-refractivity contribution is 9.10. The summed E-state index contributed by atoms with van der Waals surface area (Å²) in [7, 11) is 0. The fourth-order valence-corrected chi connectivity index (χ4v) is 3.60. The van der Waals surface area contributed by atoms with Crippen molar-refractivity contribution in [2.75, 3.05) is 11.9 Å². The fourth-order valence-electron chi connectivity index (χ4n) is 3.20. The van der Waals surface area contributed by atoms with Crippen LogP contribution in [-0.2, 0) is 6.18 Å². The van der Waals surface area contributed by atoms with E-state index in [0.29, 0.717) is 18.2 Å². The van der Waals surface area contributed by atoms with Gasteiger partial charge in [-0.2, -0.15) is 13.2 Å². The zero-order chi connectivity index (χ0) is 19.4. The van der Waals surface area contributed by atoms with Gasteiger partial charge >= 0.3 is 6.18 Å². The minimum Gasteiger partial charge on any atom is -0.352 e. The zero-order valence-corrected chi connectivity index (χ0v) is 16.0. The molecular weight excluding hydrogens is 423 g/mol. The maximum absolute atomic E-state index is 13.5. The summed E-state index contributed by atoms with van der Waals surface area (Å²) >= 11 is 3.30. The van der Waals surface area contributed by atoms with Gasteiger partial charge in [0.15, 0.2) is 0 Å². The molecule has 4 nitrogen and oxygen atoms in total. The Morgan fingerprint density at radius 3 is 2.63 bits per heavy atom. The fraction of sp³-hybridized carbons (Fsp3) is 0.368. The monoisotopic (exact) mass is 441 g/mol. The molecule has 0 unspecified atom stereocenters. The van der Waals surface area contributed by atoms with Crippen LogP contribution >= 0.6 is 15.9 Å². The number of nitrogens with zero attached hydrogens (tertiary/aromatic N) is 1. The van der Waals surface area contributed by atoms with Crippen LogP contribution in [0.25, 0.3) is 0 Å². The molecule has 1 fully saturated rings. The summed E-state index contributed by atoms with van der Waals surface area (Å²) in [5, 5.41) is 5.45. The molecule has 144 valence electrons. The van der Waals surface area contributed by atoms with Crippen molar-refractivity contribution in [2.45, 2.75) is 31.9 Å². The molecule has 0 radical (unpaired) electrons. The van der Waals surface area contributed by atoms with E-state index in [4.69, 9.17) is 0 Å². The molecule has 8 heteroatoms. The zero-order valence-electron chi connectivity index (χ0n) is 14.4. The summed E-state index contributed by atoms with van der Waals surface area (Å²) in [6, 6.07) is 7.85. The molecule has 1 aliphatic rings. The van der Waals surface area contributed by atoms with Crippen LogP contribution in [0.15, 0.2) is 41.0 Å². The molecule has 2 aromatic rings. The van der Waals surface area contributed by atoms with Crippen LogP contribution in [0, 0.1) is 5.92 Å². The first kappa shape index (κ1) is 19.7. The van der Waals surface area contributed by atoms with E-state index in [0.717, 1.165) is 42.4 Å². The molecule has 0 aliphatic heterocycles. The molecule has 3 rings (SSSR count). The summed E-state index contributed by atoms with van der Waals surface area (Å²) in [6.07, 6.45) is 0.530. The van der Waals surface area contributed by atoms with Gasteiger partial charge in [-0.25, -0.2) is 4.98 Å². The van der Waals surface area contributed by atoms with E-state index >= 15 is 0 Å². The van der Waals surface area contributed by atoms with Crippen molar-refractivity contribution in [1.82, 2.24) is 10.3 Å². The van der Waals surface area contributed by atoms with Crippen LogP contribution in [0.1, 0.15) is 41.6 Å². The lowest BCUT2D eigenvalue weighted by atomic mass is 10.1. The summed E-state index contributed by atoms with van der Waals surface area (Å²) in [4.78, 5) is 16.3. The standard InChI is InChI=1S/C19H19BrF3N3O/c20-13-6-3-7-14(8-13)26-17-9-16(19(21,22)23)15(11-24-17)18(27)25-10-12-4-1-2-5-12/h3,6-9,11-12H,1-2,4-5,10H2,(H,24,26)(H,25,27). The molecule has 1 aliphatic carbocycles. The molecule has 1 heterocycles. The lowest BCUT2D eigenvalue weighted by Gasteiger charge is -2.16. The smallest absolute Gasteiger partial charge is 0.352 e. The molecule has 1 saturated carbocycles. The number of anilines is 2. The Hall–Kier alpha value is -2.09. The molecular formula is C19H19BrF3N3O. The van der Waals surface area contributed by atoms with Gasteiger partial charge in [0.1, 0.15) is 5.82 Å². The van der Waals surface area contributed by atoms with Crippen molar-refractivity contribution in [3.63, 3.8) is 0 Å². The van der Waals surface area contributed by atoms with Gasteiger partial charge in [-0.3, -0.25) is 4.79 Å². The number of hydrogen-bond acceptors (Lipinski definition) is 3. The van der Waals surface area contributed by atoms with E-state index in [1.165, 1.54) is 0 Å². The second kappa shape index (κ2) is 8.29. The molecule has 1 amide bonds. The average Bonchev–Trinajstić information content (AvgIpc) is 3.12. The SMILES string of the molecule is O=C(NCC1CCCC1)c1cnc(Nc2cccc(Br)c2)cc1C(F)(F)F. The third-order valence-corrected chi connectivity index (χ3v) is 5.07. The minimum atomic E-state index is -4.66. The summed E-state index contributed by atoms with van der Waals surface area (Å²) in [5.74, 6) is -0.378. The first-order chi connectivity index (χ1) is 12.8. The Kier molecular flexibility index (Phi) is 6.04. The largest absolute Gasteiger partial charge is 0.417 e. The lowest BCUT2D eigenvalue weighted by Crippen LogP contribution is -2.30. The van der Waals surface area contributed by atoms with Crippen LogP contribution in [0.3, 0.4) is 0 Å². The van der Waals surface area contributed by atoms with Crippen molar-refractivity contribution in [3.05, 3.63) is 52.1 Å². The van der Waals surface area contributed by atoms with E-state index in [-0.39, 0.29) is 5.82 Å². The van der Waals surface area contributed by atoms with Gasteiger partial charge in [-0.15, -0.1) is 0 Å². The summed E-state index contributed by atoms with van der Waals surface area (Å²) in [6.45, 7) is 0.397.